The summed E-state index contributed by atoms with van der Waals surface area (Å²) in [6.07, 6.45) is 1.81. The molecule has 0 saturated heterocycles. The van der Waals surface area contributed by atoms with Crippen molar-refractivity contribution in [1.29, 1.82) is 0 Å². The average molecular weight is 416 g/mol. The van der Waals surface area contributed by atoms with Crippen molar-refractivity contribution >= 4 is 15.7 Å². The minimum absolute atomic E-state index is 0.166. The zero-order valence-corrected chi connectivity index (χ0v) is 15.9. The monoisotopic (exact) mass is 416 g/mol. The molecule has 0 spiro atoms. The van der Waals surface area contributed by atoms with Gasteiger partial charge in [0.15, 0.2) is 0 Å². The fraction of sp³-hybridized carbons (Fsp3) is 0.263. The summed E-state index contributed by atoms with van der Waals surface area (Å²) in [7, 11) is -5.81. The van der Waals surface area contributed by atoms with Gasteiger partial charge in [-0.25, -0.2) is 4.39 Å². The van der Waals surface area contributed by atoms with Crippen molar-refractivity contribution < 1.29 is 34.9 Å². The van der Waals surface area contributed by atoms with Crippen LogP contribution >= 0.6 is 0 Å². The maximum Gasteiger partial charge on any atom is 0.534 e. The average Bonchev–Trinajstić information content (AvgIpc) is 2.51. The van der Waals surface area contributed by atoms with Gasteiger partial charge in [-0.2, -0.15) is 21.6 Å². The zero-order chi connectivity index (χ0) is 20.9. The first-order chi connectivity index (χ1) is 12.8. The lowest BCUT2D eigenvalue weighted by Gasteiger charge is -2.32. The minimum Gasteiger partial charge on any atom is -0.483 e. The number of hydrogen-bond donors (Lipinski definition) is 0. The third-order valence-corrected chi connectivity index (χ3v) is 5.03. The number of benzene rings is 2. The summed E-state index contributed by atoms with van der Waals surface area (Å²) in [5.41, 5.74) is -4.02. The van der Waals surface area contributed by atoms with Gasteiger partial charge in [0, 0.05) is 11.6 Å². The fourth-order valence-corrected chi connectivity index (χ4v) is 3.40. The highest BCUT2D eigenvalue weighted by Gasteiger charge is 2.48. The molecule has 0 aromatic heterocycles. The molecule has 3 rings (SSSR count). The van der Waals surface area contributed by atoms with E-state index in [9.17, 15) is 26.0 Å². The van der Waals surface area contributed by atoms with Crippen LogP contribution in [0.15, 0.2) is 42.5 Å². The molecule has 0 N–H and O–H groups in total. The van der Waals surface area contributed by atoms with Crippen LogP contribution in [-0.4, -0.2) is 19.5 Å². The SMILES string of the molecule is Cc1cc(OS(=O)(=O)C(F)(F)F)cc2c1C(c1ccc(F)cc1)=CC(C)(C)O2. The molecule has 4 nitrogen and oxygen atoms in total. The molecular weight excluding hydrogens is 400 g/mol. The Morgan fingerprint density at radius 3 is 2.25 bits per heavy atom. The number of halogens is 4. The minimum atomic E-state index is -5.81. The summed E-state index contributed by atoms with van der Waals surface area (Å²) in [5.74, 6) is -0.752. The van der Waals surface area contributed by atoms with Crippen LogP contribution in [0.2, 0.25) is 0 Å². The number of ether oxygens (including phenoxy) is 1. The Morgan fingerprint density at radius 1 is 1.07 bits per heavy atom. The molecule has 0 aliphatic carbocycles. The van der Waals surface area contributed by atoms with Crippen LogP contribution in [-0.2, 0) is 10.1 Å². The van der Waals surface area contributed by atoms with E-state index >= 15 is 0 Å². The van der Waals surface area contributed by atoms with Gasteiger partial charge in [-0.3, -0.25) is 0 Å². The van der Waals surface area contributed by atoms with Crippen molar-refractivity contribution in [1.82, 2.24) is 0 Å². The van der Waals surface area contributed by atoms with Crippen LogP contribution < -0.4 is 8.92 Å². The molecule has 2 aromatic rings. The molecule has 1 heterocycles. The molecule has 0 bridgehead atoms. The van der Waals surface area contributed by atoms with Crippen molar-refractivity contribution in [3.05, 3.63) is 65.0 Å². The number of alkyl halides is 3. The number of rotatable bonds is 3. The summed E-state index contributed by atoms with van der Waals surface area (Å²) in [6.45, 7) is 5.05. The topological polar surface area (TPSA) is 52.6 Å². The first kappa shape index (κ1) is 20.2. The molecule has 0 fully saturated rings. The standard InChI is InChI=1S/C19H16F4O4S/c1-11-8-14(27-28(24,25)19(21,22)23)9-16-17(11)15(10-18(2,3)26-16)12-4-6-13(20)7-5-12/h4-10H,1-3H3. The quantitative estimate of drug-likeness (QED) is 0.403. The lowest BCUT2D eigenvalue weighted by Crippen LogP contribution is -2.30. The van der Waals surface area contributed by atoms with Gasteiger partial charge in [0.25, 0.3) is 0 Å². The smallest absolute Gasteiger partial charge is 0.483 e. The van der Waals surface area contributed by atoms with Crippen LogP contribution in [0.5, 0.6) is 11.5 Å². The molecule has 0 saturated carbocycles. The second-order valence-electron chi connectivity index (χ2n) is 6.87. The highest BCUT2D eigenvalue weighted by atomic mass is 32.2. The maximum atomic E-state index is 13.3. The predicted molar refractivity (Wildman–Crippen MR) is 95.0 cm³/mol. The molecule has 1 aliphatic rings. The van der Waals surface area contributed by atoms with E-state index < -0.39 is 32.8 Å². The molecule has 2 aromatic carbocycles. The lowest BCUT2D eigenvalue weighted by atomic mass is 9.87. The van der Waals surface area contributed by atoms with E-state index in [0.29, 0.717) is 22.3 Å². The third kappa shape index (κ3) is 3.84. The Morgan fingerprint density at radius 2 is 1.68 bits per heavy atom. The summed E-state index contributed by atoms with van der Waals surface area (Å²) in [5, 5.41) is 0. The van der Waals surface area contributed by atoms with Gasteiger partial charge in [-0.15, -0.1) is 0 Å². The second-order valence-corrected chi connectivity index (χ2v) is 8.40. The molecule has 9 heteroatoms. The van der Waals surface area contributed by atoms with E-state index in [2.05, 4.69) is 4.18 Å². The Bertz CT molecular complexity index is 1050. The van der Waals surface area contributed by atoms with Gasteiger partial charge in [-0.05, 0) is 61.7 Å². The summed E-state index contributed by atoms with van der Waals surface area (Å²) in [6, 6.07) is 8.02. The van der Waals surface area contributed by atoms with Gasteiger partial charge in [0.1, 0.15) is 22.9 Å². The molecule has 0 amide bonds. The van der Waals surface area contributed by atoms with E-state index in [4.69, 9.17) is 4.74 Å². The van der Waals surface area contributed by atoms with Crippen LogP contribution in [0.3, 0.4) is 0 Å². The van der Waals surface area contributed by atoms with Crippen molar-refractivity contribution in [3.8, 4) is 11.5 Å². The van der Waals surface area contributed by atoms with Crippen LogP contribution in [0, 0.1) is 12.7 Å². The highest BCUT2D eigenvalue weighted by molar-refractivity contribution is 7.88. The van der Waals surface area contributed by atoms with E-state index in [-0.39, 0.29) is 5.75 Å². The summed E-state index contributed by atoms with van der Waals surface area (Å²) >= 11 is 0. The number of fused-ring (bicyclic) bond motifs is 1. The predicted octanol–water partition coefficient (Wildman–Crippen LogP) is 4.97. The normalized spacial score (nSPS) is 16.0. The Labute approximate surface area is 159 Å². The molecule has 1 aliphatic heterocycles. The van der Waals surface area contributed by atoms with E-state index in [1.807, 2.05) is 6.08 Å². The van der Waals surface area contributed by atoms with Gasteiger partial charge in [0.05, 0.1) is 0 Å². The molecule has 0 unspecified atom stereocenters. The van der Waals surface area contributed by atoms with Gasteiger partial charge in [-0.1, -0.05) is 12.1 Å². The Balaban J connectivity index is 2.12. The maximum absolute atomic E-state index is 13.3. The van der Waals surface area contributed by atoms with Crippen molar-refractivity contribution in [3.63, 3.8) is 0 Å². The molecular formula is C19H16F4O4S. The fourth-order valence-electron chi connectivity index (χ4n) is 2.96. The first-order valence-electron chi connectivity index (χ1n) is 8.13. The van der Waals surface area contributed by atoms with Gasteiger partial charge >= 0.3 is 15.6 Å². The summed E-state index contributed by atoms with van der Waals surface area (Å²) < 4.78 is 83.8. The van der Waals surface area contributed by atoms with Crippen molar-refractivity contribution in [2.75, 3.05) is 0 Å². The highest BCUT2D eigenvalue weighted by Crippen LogP contribution is 2.43. The van der Waals surface area contributed by atoms with Crippen molar-refractivity contribution in [2.24, 2.45) is 0 Å². The van der Waals surface area contributed by atoms with E-state index in [0.717, 1.165) is 6.07 Å². The summed E-state index contributed by atoms with van der Waals surface area (Å²) in [4.78, 5) is 0. The largest absolute Gasteiger partial charge is 0.534 e. The lowest BCUT2D eigenvalue weighted by molar-refractivity contribution is -0.0500. The Hall–Kier alpha value is -2.55. The number of aryl methyl sites for hydroxylation is 1. The van der Waals surface area contributed by atoms with Crippen LogP contribution in [0.4, 0.5) is 17.6 Å². The molecule has 150 valence electrons. The van der Waals surface area contributed by atoms with Gasteiger partial charge < -0.3 is 8.92 Å². The van der Waals surface area contributed by atoms with Gasteiger partial charge in [0.2, 0.25) is 0 Å². The van der Waals surface area contributed by atoms with E-state index in [1.54, 1.807) is 32.9 Å². The van der Waals surface area contributed by atoms with Crippen molar-refractivity contribution in [2.45, 2.75) is 31.9 Å². The van der Waals surface area contributed by atoms with E-state index in [1.165, 1.54) is 18.2 Å². The number of hydrogen-bond acceptors (Lipinski definition) is 4. The van der Waals surface area contributed by atoms with Crippen LogP contribution in [0.1, 0.15) is 30.5 Å². The Kier molecular flexibility index (Phi) is 4.69. The zero-order valence-electron chi connectivity index (χ0n) is 15.1. The molecule has 0 atom stereocenters. The first-order valence-corrected chi connectivity index (χ1v) is 9.53. The second kappa shape index (κ2) is 6.51. The van der Waals surface area contributed by atoms with Crippen LogP contribution in [0.25, 0.3) is 5.57 Å². The third-order valence-electron chi connectivity index (χ3n) is 4.05. The molecule has 0 radical (unpaired) electrons. The molecule has 28 heavy (non-hydrogen) atoms.